The Hall–Kier alpha value is -1.51. The van der Waals surface area contributed by atoms with Crippen LogP contribution in [0.2, 0.25) is 0 Å². The lowest BCUT2D eigenvalue weighted by atomic mass is 10.1. The molecule has 0 unspecified atom stereocenters. The summed E-state index contributed by atoms with van der Waals surface area (Å²) in [4.78, 5) is 12.1. The van der Waals surface area contributed by atoms with Gasteiger partial charge in [-0.15, -0.1) is 0 Å². The Morgan fingerprint density at radius 2 is 2.17 bits per heavy atom. The summed E-state index contributed by atoms with van der Waals surface area (Å²) in [5.41, 5.74) is 2.88. The lowest BCUT2D eigenvalue weighted by Gasteiger charge is -2.12. The molecule has 2 N–H and O–H groups in total. The Balaban J connectivity index is 2.05. The minimum atomic E-state index is 0.0421. The Morgan fingerprint density at radius 3 is 2.83 bits per heavy atom. The summed E-state index contributed by atoms with van der Waals surface area (Å²) in [7, 11) is 0. The van der Waals surface area contributed by atoms with Gasteiger partial charge in [-0.3, -0.25) is 4.79 Å². The van der Waals surface area contributed by atoms with Crippen LogP contribution in [0.3, 0.4) is 0 Å². The predicted octanol–water partition coefficient (Wildman–Crippen LogP) is 2.96. The molecule has 0 aliphatic heterocycles. The average molecular weight is 246 g/mol. The van der Waals surface area contributed by atoms with Gasteiger partial charge in [-0.05, 0) is 49.8 Å². The van der Waals surface area contributed by atoms with Gasteiger partial charge >= 0.3 is 0 Å². The van der Waals surface area contributed by atoms with Gasteiger partial charge in [-0.25, -0.2) is 0 Å². The van der Waals surface area contributed by atoms with Crippen molar-refractivity contribution >= 4 is 11.6 Å². The fourth-order valence-electron chi connectivity index (χ4n) is 1.92. The average Bonchev–Trinajstić information content (AvgIpc) is 3.17. The molecular weight excluding hydrogens is 224 g/mol. The Bertz CT molecular complexity index is 425. The molecule has 1 saturated carbocycles. The Labute approximate surface area is 109 Å². The molecule has 3 heteroatoms. The van der Waals surface area contributed by atoms with Crippen LogP contribution in [0.15, 0.2) is 18.2 Å². The molecule has 0 saturated heterocycles. The van der Waals surface area contributed by atoms with E-state index < -0.39 is 0 Å². The van der Waals surface area contributed by atoms with Gasteiger partial charge in [-0.1, -0.05) is 13.0 Å². The molecular formula is C15H22N2O. The van der Waals surface area contributed by atoms with Crippen molar-refractivity contribution in [3.8, 4) is 0 Å². The maximum atomic E-state index is 12.1. The molecule has 1 aromatic rings. The van der Waals surface area contributed by atoms with Crippen molar-refractivity contribution in [2.24, 2.45) is 5.92 Å². The van der Waals surface area contributed by atoms with E-state index in [9.17, 15) is 4.79 Å². The fourth-order valence-corrected chi connectivity index (χ4v) is 1.92. The molecule has 2 rings (SSSR count). The zero-order valence-electron chi connectivity index (χ0n) is 11.3. The summed E-state index contributed by atoms with van der Waals surface area (Å²) in [6.45, 7) is 5.88. The molecule has 98 valence electrons. The van der Waals surface area contributed by atoms with Crippen LogP contribution < -0.4 is 10.6 Å². The number of hydrogen-bond acceptors (Lipinski definition) is 2. The number of carbonyl (C=O) groups is 1. The highest BCUT2D eigenvalue weighted by molar-refractivity contribution is 5.99. The van der Waals surface area contributed by atoms with Crippen molar-refractivity contribution in [1.82, 2.24) is 5.32 Å². The van der Waals surface area contributed by atoms with E-state index in [1.165, 1.54) is 18.4 Å². The van der Waals surface area contributed by atoms with E-state index in [1.807, 2.05) is 25.1 Å². The van der Waals surface area contributed by atoms with Crippen LogP contribution >= 0.6 is 0 Å². The van der Waals surface area contributed by atoms with Gasteiger partial charge in [-0.2, -0.15) is 0 Å². The van der Waals surface area contributed by atoms with Crippen LogP contribution in [0.25, 0.3) is 0 Å². The van der Waals surface area contributed by atoms with Crippen molar-refractivity contribution in [1.29, 1.82) is 0 Å². The summed E-state index contributed by atoms with van der Waals surface area (Å²) in [6, 6.07) is 5.94. The summed E-state index contributed by atoms with van der Waals surface area (Å²) < 4.78 is 0. The number of rotatable bonds is 6. The maximum Gasteiger partial charge on any atom is 0.253 e. The van der Waals surface area contributed by atoms with Gasteiger partial charge in [0.15, 0.2) is 0 Å². The topological polar surface area (TPSA) is 41.1 Å². The molecule has 1 fully saturated rings. The van der Waals surface area contributed by atoms with E-state index in [4.69, 9.17) is 0 Å². The highest BCUT2D eigenvalue weighted by Gasteiger charge is 2.22. The van der Waals surface area contributed by atoms with E-state index in [0.29, 0.717) is 5.92 Å². The molecule has 1 aliphatic rings. The van der Waals surface area contributed by atoms with Crippen LogP contribution in [0.5, 0.6) is 0 Å². The maximum absolute atomic E-state index is 12.1. The standard InChI is InChI=1S/C15H22N2O/c1-3-8-16-14-9-11(2)4-7-13(14)15(18)17-10-12-5-6-12/h4,7,9,12,16H,3,5-6,8,10H2,1-2H3,(H,17,18). The molecule has 1 aliphatic carbocycles. The number of nitrogens with one attached hydrogen (secondary N) is 2. The number of hydrogen-bond donors (Lipinski definition) is 2. The number of anilines is 1. The van der Waals surface area contributed by atoms with Crippen molar-refractivity contribution in [3.05, 3.63) is 29.3 Å². The molecule has 1 aromatic carbocycles. The Kier molecular flexibility index (Phi) is 4.24. The van der Waals surface area contributed by atoms with Crippen molar-refractivity contribution in [3.63, 3.8) is 0 Å². The largest absolute Gasteiger partial charge is 0.384 e. The minimum Gasteiger partial charge on any atom is -0.384 e. The van der Waals surface area contributed by atoms with Crippen molar-refractivity contribution < 1.29 is 4.79 Å². The van der Waals surface area contributed by atoms with E-state index in [1.54, 1.807) is 0 Å². The normalized spacial score (nSPS) is 14.3. The lowest BCUT2D eigenvalue weighted by Crippen LogP contribution is -2.26. The van der Waals surface area contributed by atoms with Gasteiger partial charge in [0.25, 0.3) is 5.91 Å². The van der Waals surface area contributed by atoms with Gasteiger partial charge < -0.3 is 10.6 Å². The van der Waals surface area contributed by atoms with E-state index in [2.05, 4.69) is 17.6 Å². The molecule has 0 spiro atoms. The molecule has 1 amide bonds. The van der Waals surface area contributed by atoms with E-state index in [-0.39, 0.29) is 5.91 Å². The number of amides is 1. The zero-order valence-corrected chi connectivity index (χ0v) is 11.3. The third kappa shape index (κ3) is 3.49. The molecule has 0 heterocycles. The van der Waals surface area contributed by atoms with Crippen molar-refractivity contribution in [2.75, 3.05) is 18.4 Å². The van der Waals surface area contributed by atoms with Gasteiger partial charge in [0.1, 0.15) is 0 Å². The smallest absolute Gasteiger partial charge is 0.253 e. The first-order valence-corrected chi connectivity index (χ1v) is 6.83. The highest BCUT2D eigenvalue weighted by Crippen LogP contribution is 2.27. The van der Waals surface area contributed by atoms with Crippen molar-refractivity contribution in [2.45, 2.75) is 33.1 Å². The SMILES string of the molecule is CCCNc1cc(C)ccc1C(=O)NCC1CC1. The second-order valence-corrected chi connectivity index (χ2v) is 5.13. The van der Waals surface area contributed by atoms with Crippen LogP contribution in [0.1, 0.15) is 42.1 Å². The van der Waals surface area contributed by atoms with Crippen LogP contribution in [-0.4, -0.2) is 19.0 Å². The predicted molar refractivity (Wildman–Crippen MR) is 75.0 cm³/mol. The summed E-state index contributed by atoms with van der Waals surface area (Å²) in [6.07, 6.45) is 3.57. The number of aryl methyl sites for hydroxylation is 1. The molecule has 0 bridgehead atoms. The fraction of sp³-hybridized carbons (Fsp3) is 0.533. The lowest BCUT2D eigenvalue weighted by molar-refractivity contribution is 0.0952. The number of benzene rings is 1. The van der Waals surface area contributed by atoms with E-state index in [0.717, 1.165) is 30.8 Å². The first-order chi connectivity index (χ1) is 8.70. The molecule has 0 atom stereocenters. The van der Waals surface area contributed by atoms with E-state index >= 15 is 0 Å². The van der Waals surface area contributed by atoms with Crippen LogP contribution in [0, 0.1) is 12.8 Å². The van der Waals surface area contributed by atoms with Gasteiger partial charge in [0.05, 0.1) is 5.56 Å². The third-order valence-corrected chi connectivity index (χ3v) is 3.23. The molecule has 18 heavy (non-hydrogen) atoms. The minimum absolute atomic E-state index is 0.0421. The third-order valence-electron chi connectivity index (χ3n) is 3.23. The summed E-state index contributed by atoms with van der Waals surface area (Å²) in [5, 5.41) is 6.35. The first-order valence-electron chi connectivity index (χ1n) is 6.83. The number of carbonyl (C=O) groups excluding carboxylic acids is 1. The second kappa shape index (κ2) is 5.89. The summed E-state index contributed by atoms with van der Waals surface area (Å²) >= 11 is 0. The van der Waals surface area contributed by atoms with Gasteiger partial charge in [0, 0.05) is 18.8 Å². The van der Waals surface area contributed by atoms with Gasteiger partial charge in [0.2, 0.25) is 0 Å². The van der Waals surface area contributed by atoms with Crippen LogP contribution in [-0.2, 0) is 0 Å². The zero-order chi connectivity index (χ0) is 13.0. The molecule has 0 radical (unpaired) electrons. The highest BCUT2D eigenvalue weighted by atomic mass is 16.1. The first kappa shape index (κ1) is 12.9. The molecule has 0 aromatic heterocycles. The summed E-state index contributed by atoms with van der Waals surface area (Å²) in [5.74, 6) is 0.756. The van der Waals surface area contributed by atoms with Crippen LogP contribution in [0.4, 0.5) is 5.69 Å². The molecule has 3 nitrogen and oxygen atoms in total. The monoisotopic (exact) mass is 246 g/mol. The second-order valence-electron chi connectivity index (χ2n) is 5.13. The Morgan fingerprint density at radius 1 is 1.39 bits per heavy atom. The quantitative estimate of drug-likeness (QED) is 0.810.